The number of aliphatic hydroxyl groups is 1. The molecule has 2 aromatic carbocycles. The van der Waals surface area contributed by atoms with Crippen LogP contribution < -0.4 is 9.64 Å². The van der Waals surface area contributed by atoms with Crippen LogP contribution in [-0.4, -0.2) is 68.8 Å². The Bertz CT molecular complexity index is 783. The predicted molar refractivity (Wildman–Crippen MR) is 108 cm³/mol. The molecule has 4 rings (SSSR count). The number of methoxy groups -OCH3 is 1. The Morgan fingerprint density at radius 1 is 1.11 bits per heavy atom. The highest BCUT2D eigenvalue weighted by molar-refractivity contribution is 5.73. The number of alkyl halides is 1. The molecule has 1 N–H and O–H groups in total. The average molecular weight is 386 g/mol. The van der Waals surface area contributed by atoms with E-state index in [2.05, 4.69) is 35.2 Å². The predicted octanol–water partition coefficient (Wildman–Crippen LogP) is 2.71. The monoisotopic (exact) mass is 386 g/mol. The fourth-order valence-electron chi connectivity index (χ4n) is 3.96. The Morgan fingerprint density at radius 3 is 2.50 bits per heavy atom. The van der Waals surface area contributed by atoms with Gasteiger partial charge < -0.3 is 19.5 Å². The molecule has 0 unspecified atom stereocenters. The van der Waals surface area contributed by atoms with Crippen LogP contribution in [0.2, 0.25) is 0 Å². The summed E-state index contributed by atoms with van der Waals surface area (Å²) in [5.74, 6) is 0.813. The molecule has 0 saturated carbocycles. The molecular weight excluding hydrogens is 359 g/mol. The van der Waals surface area contributed by atoms with E-state index in [1.165, 1.54) is 5.69 Å². The van der Waals surface area contributed by atoms with Crippen LogP contribution in [0.4, 0.5) is 10.1 Å². The second-order valence-electron chi connectivity index (χ2n) is 7.46. The van der Waals surface area contributed by atoms with E-state index in [4.69, 9.17) is 9.47 Å². The molecular formula is C22H27FN2O3. The molecule has 150 valence electrons. The lowest BCUT2D eigenvalue weighted by Gasteiger charge is -2.29. The van der Waals surface area contributed by atoms with Gasteiger partial charge in [0.2, 0.25) is 0 Å². The topological polar surface area (TPSA) is 45.2 Å². The SMILES string of the molecule is COc1ccc(CN2C[C@@H](O)[C@H](F)C2)cc1-c1ccc(N2CCOCC2)cc1. The number of hydrogen-bond acceptors (Lipinski definition) is 5. The molecule has 2 aromatic rings. The summed E-state index contributed by atoms with van der Waals surface area (Å²) in [5, 5.41) is 9.65. The third kappa shape index (κ3) is 4.14. The van der Waals surface area contributed by atoms with E-state index in [0.29, 0.717) is 13.1 Å². The van der Waals surface area contributed by atoms with Gasteiger partial charge in [-0.3, -0.25) is 4.90 Å². The van der Waals surface area contributed by atoms with Gasteiger partial charge in [0, 0.05) is 44.0 Å². The Morgan fingerprint density at radius 2 is 1.86 bits per heavy atom. The molecule has 0 aliphatic carbocycles. The quantitative estimate of drug-likeness (QED) is 0.856. The number of ether oxygens (including phenoxy) is 2. The molecule has 0 bridgehead atoms. The van der Waals surface area contributed by atoms with Crippen LogP contribution in [0.15, 0.2) is 42.5 Å². The fourth-order valence-corrected chi connectivity index (χ4v) is 3.96. The third-order valence-electron chi connectivity index (χ3n) is 5.52. The number of halogens is 1. The van der Waals surface area contributed by atoms with Gasteiger partial charge in [-0.1, -0.05) is 18.2 Å². The summed E-state index contributed by atoms with van der Waals surface area (Å²) in [6.45, 7) is 4.61. The summed E-state index contributed by atoms with van der Waals surface area (Å²) in [4.78, 5) is 4.27. The van der Waals surface area contributed by atoms with Gasteiger partial charge >= 0.3 is 0 Å². The van der Waals surface area contributed by atoms with Crippen LogP contribution in [-0.2, 0) is 11.3 Å². The van der Waals surface area contributed by atoms with Crippen LogP contribution >= 0.6 is 0 Å². The summed E-state index contributed by atoms with van der Waals surface area (Å²) >= 11 is 0. The lowest BCUT2D eigenvalue weighted by Crippen LogP contribution is -2.36. The van der Waals surface area contributed by atoms with Crippen LogP contribution in [0.3, 0.4) is 0 Å². The number of morpholine rings is 1. The minimum atomic E-state index is -1.16. The zero-order chi connectivity index (χ0) is 19.5. The largest absolute Gasteiger partial charge is 0.496 e. The summed E-state index contributed by atoms with van der Waals surface area (Å²) in [6, 6.07) is 14.6. The van der Waals surface area contributed by atoms with Crippen LogP contribution in [0.5, 0.6) is 5.75 Å². The first-order valence-electron chi connectivity index (χ1n) is 9.78. The van der Waals surface area contributed by atoms with Crippen molar-refractivity contribution in [3.63, 3.8) is 0 Å². The summed E-state index contributed by atoms with van der Waals surface area (Å²) in [7, 11) is 1.67. The van der Waals surface area contributed by atoms with E-state index in [1.54, 1.807) is 7.11 Å². The van der Waals surface area contributed by atoms with E-state index in [9.17, 15) is 9.50 Å². The Hall–Kier alpha value is -2.15. The fraction of sp³-hybridized carbons (Fsp3) is 0.455. The maximum Gasteiger partial charge on any atom is 0.140 e. The molecule has 5 nitrogen and oxygen atoms in total. The van der Waals surface area contributed by atoms with E-state index in [0.717, 1.165) is 48.7 Å². The van der Waals surface area contributed by atoms with Crippen LogP contribution in [0.25, 0.3) is 11.1 Å². The first-order chi connectivity index (χ1) is 13.6. The van der Waals surface area contributed by atoms with Gasteiger partial charge in [0.15, 0.2) is 0 Å². The maximum atomic E-state index is 13.6. The second-order valence-corrected chi connectivity index (χ2v) is 7.46. The summed E-state index contributed by atoms with van der Waals surface area (Å²) < 4.78 is 24.6. The highest BCUT2D eigenvalue weighted by Crippen LogP contribution is 2.33. The van der Waals surface area contributed by atoms with Gasteiger partial charge in [0.25, 0.3) is 0 Å². The van der Waals surface area contributed by atoms with E-state index < -0.39 is 12.3 Å². The lowest BCUT2D eigenvalue weighted by molar-refractivity contribution is 0.115. The molecule has 2 aliphatic rings. The van der Waals surface area contributed by atoms with E-state index >= 15 is 0 Å². The number of nitrogens with zero attached hydrogens (tertiary/aromatic N) is 2. The van der Waals surface area contributed by atoms with Crippen molar-refractivity contribution in [3.05, 3.63) is 48.0 Å². The van der Waals surface area contributed by atoms with E-state index in [-0.39, 0.29) is 6.54 Å². The normalized spacial score (nSPS) is 23.2. The smallest absolute Gasteiger partial charge is 0.140 e. The second kappa shape index (κ2) is 8.47. The average Bonchev–Trinajstić information content (AvgIpc) is 3.05. The molecule has 2 aliphatic heterocycles. The van der Waals surface area contributed by atoms with Crippen LogP contribution in [0, 0.1) is 0 Å². The van der Waals surface area contributed by atoms with Crippen molar-refractivity contribution in [2.24, 2.45) is 0 Å². The first-order valence-corrected chi connectivity index (χ1v) is 9.78. The molecule has 2 heterocycles. The number of rotatable bonds is 5. The zero-order valence-corrected chi connectivity index (χ0v) is 16.2. The van der Waals surface area contributed by atoms with Crippen LogP contribution in [0.1, 0.15) is 5.56 Å². The zero-order valence-electron chi connectivity index (χ0n) is 16.2. The van der Waals surface area contributed by atoms with Crippen molar-refractivity contribution in [2.45, 2.75) is 18.8 Å². The Balaban J connectivity index is 1.54. The molecule has 0 radical (unpaired) electrons. The summed E-state index contributed by atoms with van der Waals surface area (Å²) in [6.07, 6.45) is -2.05. The molecule has 0 spiro atoms. The number of likely N-dealkylation sites (tertiary alicyclic amines) is 1. The van der Waals surface area contributed by atoms with Gasteiger partial charge in [0.05, 0.1) is 26.4 Å². The van der Waals surface area contributed by atoms with Crippen molar-refractivity contribution in [1.82, 2.24) is 4.90 Å². The maximum absolute atomic E-state index is 13.6. The van der Waals surface area contributed by atoms with Crippen molar-refractivity contribution >= 4 is 5.69 Å². The number of hydrogen-bond donors (Lipinski definition) is 1. The van der Waals surface area contributed by atoms with Crippen molar-refractivity contribution in [2.75, 3.05) is 51.4 Å². The molecule has 2 atom stereocenters. The van der Waals surface area contributed by atoms with Gasteiger partial charge in [-0.2, -0.15) is 0 Å². The molecule has 6 heteroatoms. The van der Waals surface area contributed by atoms with Crippen molar-refractivity contribution in [3.8, 4) is 16.9 Å². The van der Waals surface area contributed by atoms with Crippen molar-refractivity contribution < 1.29 is 19.0 Å². The molecule has 2 saturated heterocycles. The minimum Gasteiger partial charge on any atom is -0.496 e. The number of β-amino-alcohol motifs (C(OH)–C–C–N with tert-alkyl or cyclic N) is 1. The van der Waals surface area contributed by atoms with E-state index in [1.807, 2.05) is 17.0 Å². The first kappa shape index (κ1) is 19.2. The number of anilines is 1. The molecule has 0 aromatic heterocycles. The van der Waals surface area contributed by atoms with Gasteiger partial charge in [-0.05, 0) is 35.4 Å². The standard InChI is InChI=1S/C22H27FN2O3/c1-27-22-7-2-16(13-24-14-20(23)21(26)15-24)12-19(22)17-3-5-18(6-4-17)25-8-10-28-11-9-25/h2-7,12,20-21,26H,8-11,13-15H2,1H3/t20-,21-/m1/s1. The Kier molecular flexibility index (Phi) is 5.80. The number of benzene rings is 2. The minimum absolute atomic E-state index is 0.275. The highest BCUT2D eigenvalue weighted by Gasteiger charge is 2.31. The molecule has 0 amide bonds. The van der Waals surface area contributed by atoms with Crippen molar-refractivity contribution in [1.29, 1.82) is 0 Å². The lowest BCUT2D eigenvalue weighted by atomic mass is 10.0. The molecule has 2 fully saturated rings. The van der Waals surface area contributed by atoms with Gasteiger partial charge in [0.1, 0.15) is 11.9 Å². The van der Waals surface area contributed by atoms with Gasteiger partial charge in [-0.25, -0.2) is 4.39 Å². The summed E-state index contributed by atoms with van der Waals surface area (Å²) in [5.41, 5.74) is 4.38. The number of aliphatic hydroxyl groups excluding tert-OH is 1. The van der Waals surface area contributed by atoms with Gasteiger partial charge in [-0.15, -0.1) is 0 Å². The molecule has 28 heavy (non-hydrogen) atoms. The third-order valence-corrected chi connectivity index (χ3v) is 5.52. The highest BCUT2D eigenvalue weighted by atomic mass is 19.1. The Labute approximate surface area is 165 Å².